The Bertz CT molecular complexity index is 285. The number of carbonyl (C=O) groups is 1. The Kier molecular flexibility index (Phi) is 3.72. The summed E-state index contributed by atoms with van der Waals surface area (Å²) < 4.78 is 5.24. The van der Waals surface area contributed by atoms with Gasteiger partial charge in [0.25, 0.3) is 0 Å². The van der Waals surface area contributed by atoms with Crippen molar-refractivity contribution in [2.75, 3.05) is 26.3 Å². The predicted octanol–water partition coefficient (Wildman–Crippen LogP) is -0.168. The summed E-state index contributed by atoms with van der Waals surface area (Å²) in [7, 11) is 0. The quantitative estimate of drug-likeness (QED) is 0.658. The highest BCUT2D eigenvalue weighted by molar-refractivity contribution is 5.84. The molecule has 1 heterocycles. The first kappa shape index (κ1) is 12.0. The number of rotatable bonds is 3. The van der Waals surface area contributed by atoms with Crippen molar-refractivity contribution in [2.24, 2.45) is 11.1 Å². The number of amides is 1. The van der Waals surface area contributed by atoms with Crippen molar-refractivity contribution < 1.29 is 9.53 Å². The summed E-state index contributed by atoms with van der Waals surface area (Å²) in [5.41, 5.74) is 5.26. The number of ether oxygens (including phenoxy) is 1. The van der Waals surface area contributed by atoms with E-state index in [1.54, 1.807) is 4.90 Å². The maximum atomic E-state index is 12.2. The van der Waals surface area contributed by atoms with Crippen LogP contribution in [0.15, 0.2) is 0 Å². The topological polar surface area (TPSA) is 55.6 Å². The van der Waals surface area contributed by atoms with Crippen LogP contribution in [0.4, 0.5) is 0 Å². The van der Waals surface area contributed by atoms with E-state index >= 15 is 0 Å². The van der Waals surface area contributed by atoms with E-state index < -0.39 is 5.41 Å². The minimum Gasteiger partial charge on any atom is -0.379 e. The van der Waals surface area contributed by atoms with Gasteiger partial charge in [-0.05, 0) is 13.8 Å². The van der Waals surface area contributed by atoms with Gasteiger partial charge in [0.1, 0.15) is 0 Å². The van der Waals surface area contributed by atoms with Crippen molar-refractivity contribution >= 4 is 5.91 Å². The summed E-state index contributed by atoms with van der Waals surface area (Å²) in [5, 5.41) is 0. The van der Waals surface area contributed by atoms with Gasteiger partial charge in [-0.25, -0.2) is 0 Å². The van der Waals surface area contributed by atoms with E-state index in [1.165, 1.54) is 0 Å². The Morgan fingerprint density at radius 2 is 2.47 bits per heavy atom. The van der Waals surface area contributed by atoms with Gasteiger partial charge in [0.05, 0.1) is 25.2 Å². The van der Waals surface area contributed by atoms with Crippen molar-refractivity contribution in [1.82, 2.24) is 4.90 Å². The number of nitrogens with zero attached hydrogens (tertiary/aromatic N) is 1. The van der Waals surface area contributed by atoms with E-state index in [4.69, 9.17) is 16.9 Å². The highest BCUT2D eigenvalue weighted by atomic mass is 16.5. The van der Waals surface area contributed by atoms with Crippen LogP contribution in [0, 0.1) is 17.8 Å². The lowest BCUT2D eigenvalue weighted by Crippen LogP contribution is -2.51. The third kappa shape index (κ3) is 2.14. The van der Waals surface area contributed by atoms with Gasteiger partial charge in [-0.15, -0.1) is 6.42 Å². The first-order chi connectivity index (χ1) is 7.06. The van der Waals surface area contributed by atoms with E-state index in [-0.39, 0.29) is 11.9 Å². The summed E-state index contributed by atoms with van der Waals surface area (Å²) in [5.74, 6) is 2.47. The van der Waals surface area contributed by atoms with Gasteiger partial charge in [0.15, 0.2) is 0 Å². The SMILES string of the molecule is C#CCN(CC)C(=O)C1(C)COCC1N. The second kappa shape index (κ2) is 4.65. The molecule has 84 valence electrons. The van der Waals surface area contributed by atoms with Crippen LogP contribution in [-0.4, -0.2) is 43.2 Å². The fourth-order valence-electron chi connectivity index (χ4n) is 1.71. The maximum absolute atomic E-state index is 12.2. The average molecular weight is 210 g/mol. The zero-order valence-corrected chi connectivity index (χ0v) is 9.32. The lowest BCUT2D eigenvalue weighted by Gasteiger charge is -2.31. The molecule has 1 aliphatic rings. The predicted molar refractivity (Wildman–Crippen MR) is 58.0 cm³/mol. The molecular formula is C11H18N2O2. The first-order valence-electron chi connectivity index (χ1n) is 5.12. The smallest absolute Gasteiger partial charge is 0.233 e. The van der Waals surface area contributed by atoms with E-state index in [0.717, 1.165) is 0 Å². The molecular weight excluding hydrogens is 192 g/mol. The van der Waals surface area contributed by atoms with Crippen molar-refractivity contribution in [3.63, 3.8) is 0 Å². The Morgan fingerprint density at radius 3 is 2.87 bits per heavy atom. The molecule has 0 aromatic carbocycles. The summed E-state index contributed by atoms with van der Waals surface area (Å²) in [6.07, 6.45) is 5.21. The largest absolute Gasteiger partial charge is 0.379 e. The molecule has 0 radical (unpaired) electrons. The number of hydrogen-bond donors (Lipinski definition) is 1. The van der Waals surface area contributed by atoms with Crippen LogP contribution in [-0.2, 0) is 9.53 Å². The van der Waals surface area contributed by atoms with Crippen LogP contribution >= 0.6 is 0 Å². The van der Waals surface area contributed by atoms with Crippen molar-refractivity contribution in [3.05, 3.63) is 0 Å². The summed E-state index contributed by atoms with van der Waals surface area (Å²) >= 11 is 0. The molecule has 1 saturated heterocycles. The van der Waals surface area contributed by atoms with Gasteiger partial charge in [-0.3, -0.25) is 4.79 Å². The Hall–Kier alpha value is -1.05. The fourth-order valence-corrected chi connectivity index (χ4v) is 1.71. The molecule has 1 rings (SSSR count). The Morgan fingerprint density at radius 1 is 1.80 bits per heavy atom. The third-order valence-electron chi connectivity index (χ3n) is 2.96. The highest BCUT2D eigenvalue weighted by Gasteiger charge is 2.45. The summed E-state index contributed by atoms with van der Waals surface area (Å²) in [6, 6.07) is -0.239. The number of hydrogen-bond acceptors (Lipinski definition) is 3. The zero-order valence-electron chi connectivity index (χ0n) is 9.32. The molecule has 4 heteroatoms. The Labute approximate surface area is 90.8 Å². The number of carbonyl (C=O) groups excluding carboxylic acids is 1. The van der Waals surface area contributed by atoms with Crippen LogP contribution in [0.2, 0.25) is 0 Å². The van der Waals surface area contributed by atoms with E-state index in [2.05, 4.69) is 5.92 Å². The molecule has 0 aromatic heterocycles. The second-order valence-corrected chi connectivity index (χ2v) is 4.06. The Balaban J connectivity index is 2.78. The monoisotopic (exact) mass is 210 g/mol. The van der Waals surface area contributed by atoms with Crippen molar-refractivity contribution in [3.8, 4) is 12.3 Å². The normalized spacial score (nSPS) is 29.9. The molecule has 15 heavy (non-hydrogen) atoms. The van der Waals surface area contributed by atoms with E-state index in [1.807, 2.05) is 13.8 Å². The molecule has 2 N–H and O–H groups in total. The molecule has 2 atom stereocenters. The van der Waals surface area contributed by atoms with E-state index in [9.17, 15) is 4.79 Å². The van der Waals surface area contributed by atoms with Crippen LogP contribution in [0.3, 0.4) is 0 Å². The lowest BCUT2D eigenvalue weighted by atomic mass is 9.84. The molecule has 0 aromatic rings. The van der Waals surface area contributed by atoms with Gasteiger partial charge in [-0.1, -0.05) is 5.92 Å². The average Bonchev–Trinajstić information content (AvgIpc) is 2.56. The molecule has 1 fully saturated rings. The minimum atomic E-state index is -0.618. The van der Waals surface area contributed by atoms with Crippen LogP contribution in [0.1, 0.15) is 13.8 Å². The maximum Gasteiger partial charge on any atom is 0.233 e. The molecule has 0 saturated carbocycles. The number of nitrogens with two attached hydrogens (primary N) is 1. The zero-order chi connectivity index (χ0) is 11.5. The van der Waals surface area contributed by atoms with Crippen molar-refractivity contribution in [1.29, 1.82) is 0 Å². The van der Waals surface area contributed by atoms with Crippen molar-refractivity contribution in [2.45, 2.75) is 19.9 Å². The van der Waals surface area contributed by atoms with Crippen LogP contribution in [0.25, 0.3) is 0 Å². The molecule has 4 nitrogen and oxygen atoms in total. The van der Waals surface area contributed by atoms with Gasteiger partial charge >= 0.3 is 0 Å². The highest BCUT2D eigenvalue weighted by Crippen LogP contribution is 2.29. The molecule has 2 unspecified atom stereocenters. The van der Waals surface area contributed by atoms with Gasteiger partial charge < -0.3 is 15.4 Å². The molecule has 0 spiro atoms. The lowest BCUT2D eigenvalue weighted by molar-refractivity contribution is -0.140. The molecule has 0 aliphatic carbocycles. The second-order valence-electron chi connectivity index (χ2n) is 4.06. The molecule has 1 aliphatic heterocycles. The summed E-state index contributed by atoms with van der Waals surface area (Å²) in [4.78, 5) is 13.8. The summed E-state index contributed by atoms with van der Waals surface area (Å²) in [6.45, 7) is 5.50. The third-order valence-corrected chi connectivity index (χ3v) is 2.96. The fraction of sp³-hybridized carbons (Fsp3) is 0.727. The van der Waals surface area contributed by atoms with Gasteiger partial charge in [0.2, 0.25) is 5.91 Å². The molecule has 0 bridgehead atoms. The van der Waals surface area contributed by atoms with E-state index in [0.29, 0.717) is 26.3 Å². The van der Waals surface area contributed by atoms with Crippen LogP contribution < -0.4 is 5.73 Å². The first-order valence-corrected chi connectivity index (χ1v) is 5.12. The standard InChI is InChI=1S/C11H18N2O2/c1-4-6-13(5-2)10(14)11(3)8-15-7-9(11)12/h1,9H,5-8,12H2,2-3H3. The van der Waals surface area contributed by atoms with Gasteiger partial charge in [-0.2, -0.15) is 0 Å². The van der Waals surface area contributed by atoms with Gasteiger partial charge in [0, 0.05) is 12.6 Å². The van der Waals surface area contributed by atoms with Crippen LogP contribution in [0.5, 0.6) is 0 Å². The molecule has 1 amide bonds. The number of terminal acetylenes is 1. The minimum absolute atomic E-state index is 0.00653.